The second-order valence-electron chi connectivity index (χ2n) is 4.01. The summed E-state index contributed by atoms with van der Waals surface area (Å²) < 4.78 is 10.4. The summed E-state index contributed by atoms with van der Waals surface area (Å²) in [4.78, 5) is 11.7. The van der Waals surface area contributed by atoms with Crippen molar-refractivity contribution in [2.75, 3.05) is 19.0 Å². The fourth-order valence-electron chi connectivity index (χ4n) is 1.48. The standard InChI is InChI=1S/C13H14ClN3O3S/c1-19-8-12-16-17-13(21-12)15-11(18)6-7-20-10-5-3-2-4-9(10)14/h2-5H,6-8H2,1H3,(H,15,17,18). The Labute approximate surface area is 131 Å². The number of hydrogen-bond donors (Lipinski definition) is 1. The predicted octanol–water partition coefficient (Wildman–Crippen LogP) is 2.75. The van der Waals surface area contributed by atoms with E-state index in [0.29, 0.717) is 27.5 Å². The lowest BCUT2D eigenvalue weighted by atomic mass is 10.3. The van der Waals surface area contributed by atoms with Gasteiger partial charge in [0.25, 0.3) is 0 Å². The molecule has 1 heterocycles. The fourth-order valence-corrected chi connectivity index (χ4v) is 2.40. The summed E-state index contributed by atoms with van der Waals surface area (Å²) in [5.41, 5.74) is 0. The monoisotopic (exact) mass is 327 g/mol. The van der Waals surface area contributed by atoms with E-state index in [9.17, 15) is 4.79 Å². The molecule has 2 rings (SSSR count). The molecule has 1 N–H and O–H groups in total. The Bertz CT molecular complexity index is 606. The van der Waals surface area contributed by atoms with Crippen molar-refractivity contribution < 1.29 is 14.3 Å². The predicted molar refractivity (Wildman–Crippen MR) is 80.8 cm³/mol. The molecule has 0 atom stereocenters. The van der Waals surface area contributed by atoms with Gasteiger partial charge in [-0.05, 0) is 12.1 Å². The molecule has 0 bridgehead atoms. The Morgan fingerprint density at radius 1 is 1.38 bits per heavy atom. The molecule has 0 spiro atoms. The lowest BCUT2D eigenvalue weighted by Crippen LogP contribution is -2.15. The maximum atomic E-state index is 11.7. The second kappa shape index (κ2) is 7.92. The molecule has 1 amide bonds. The van der Waals surface area contributed by atoms with Crippen LogP contribution in [0, 0.1) is 0 Å². The number of carbonyl (C=O) groups is 1. The maximum absolute atomic E-state index is 11.7. The number of para-hydroxylation sites is 1. The summed E-state index contributed by atoms with van der Waals surface area (Å²) in [6.07, 6.45) is 0.199. The third-order valence-corrected chi connectivity index (χ3v) is 3.53. The Morgan fingerprint density at radius 2 is 2.19 bits per heavy atom. The van der Waals surface area contributed by atoms with Crippen LogP contribution in [0.25, 0.3) is 0 Å². The summed E-state index contributed by atoms with van der Waals surface area (Å²) in [6, 6.07) is 7.12. The third-order valence-electron chi connectivity index (χ3n) is 2.40. The second-order valence-corrected chi connectivity index (χ2v) is 5.48. The molecule has 0 radical (unpaired) electrons. The largest absolute Gasteiger partial charge is 0.491 e. The molecule has 2 aromatic rings. The van der Waals surface area contributed by atoms with Gasteiger partial charge in [-0.25, -0.2) is 0 Å². The number of nitrogens with zero attached hydrogens (tertiary/aromatic N) is 2. The average Bonchev–Trinajstić information content (AvgIpc) is 2.88. The van der Waals surface area contributed by atoms with Gasteiger partial charge in [0, 0.05) is 7.11 Å². The number of amides is 1. The summed E-state index contributed by atoms with van der Waals surface area (Å²) in [7, 11) is 1.58. The Balaban J connectivity index is 1.75. The minimum absolute atomic E-state index is 0.192. The van der Waals surface area contributed by atoms with Gasteiger partial charge in [0.1, 0.15) is 17.4 Å². The van der Waals surface area contributed by atoms with E-state index in [2.05, 4.69) is 15.5 Å². The zero-order valence-electron chi connectivity index (χ0n) is 11.3. The summed E-state index contributed by atoms with van der Waals surface area (Å²) in [5.74, 6) is 0.368. The Hall–Kier alpha value is -1.70. The first-order valence-corrected chi connectivity index (χ1v) is 7.37. The molecule has 0 aliphatic heterocycles. The van der Waals surface area contributed by atoms with E-state index >= 15 is 0 Å². The van der Waals surface area contributed by atoms with Gasteiger partial charge in [0.15, 0.2) is 0 Å². The van der Waals surface area contributed by atoms with E-state index in [1.54, 1.807) is 19.2 Å². The highest BCUT2D eigenvalue weighted by molar-refractivity contribution is 7.15. The number of benzene rings is 1. The number of carbonyl (C=O) groups excluding carboxylic acids is 1. The van der Waals surface area contributed by atoms with Gasteiger partial charge in [0.2, 0.25) is 11.0 Å². The SMILES string of the molecule is COCc1nnc(NC(=O)CCOc2ccccc2Cl)s1. The van der Waals surface area contributed by atoms with E-state index in [1.165, 1.54) is 11.3 Å². The molecule has 112 valence electrons. The van der Waals surface area contributed by atoms with Crippen LogP contribution in [0.3, 0.4) is 0 Å². The highest BCUT2D eigenvalue weighted by Gasteiger charge is 2.08. The smallest absolute Gasteiger partial charge is 0.229 e. The molecule has 1 aromatic heterocycles. The normalized spacial score (nSPS) is 10.4. The minimum Gasteiger partial charge on any atom is -0.491 e. The van der Waals surface area contributed by atoms with Crippen LogP contribution >= 0.6 is 22.9 Å². The summed E-state index contributed by atoms with van der Waals surface area (Å²) >= 11 is 7.22. The number of anilines is 1. The number of nitrogens with one attached hydrogen (secondary N) is 1. The summed E-state index contributed by atoms with van der Waals surface area (Å²) in [6.45, 7) is 0.614. The van der Waals surface area contributed by atoms with E-state index < -0.39 is 0 Å². The number of rotatable bonds is 7. The van der Waals surface area contributed by atoms with Crippen molar-refractivity contribution >= 4 is 34.0 Å². The molecule has 0 aliphatic rings. The van der Waals surface area contributed by atoms with Crippen LogP contribution in [-0.2, 0) is 16.1 Å². The van der Waals surface area contributed by atoms with Crippen molar-refractivity contribution in [2.45, 2.75) is 13.0 Å². The van der Waals surface area contributed by atoms with Crippen LogP contribution < -0.4 is 10.1 Å². The number of aromatic nitrogens is 2. The van der Waals surface area contributed by atoms with Crippen LogP contribution in [-0.4, -0.2) is 29.8 Å². The van der Waals surface area contributed by atoms with Gasteiger partial charge in [-0.1, -0.05) is 35.1 Å². The first-order chi connectivity index (χ1) is 10.2. The van der Waals surface area contributed by atoms with Crippen molar-refractivity contribution in [3.05, 3.63) is 34.3 Å². The fraction of sp³-hybridized carbons (Fsp3) is 0.308. The van der Waals surface area contributed by atoms with Gasteiger partial charge in [-0.15, -0.1) is 10.2 Å². The first kappa shape index (κ1) is 15.7. The van der Waals surface area contributed by atoms with Crippen LogP contribution in [0.1, 0.15) is 11.4 Å². The quantitative estimate of drug-likeness (QED) is 0.846. The number of halogens is 1. The zero-order chi connectivity index (χ0) is 15.1. The molecule has 1 aromatic carbocycles. The van der Waals surface area contributed by atoms with Crippen molar-refractivity contribution in [1.29, 1.82) is 0 Å². The first-order valence-electron chi connectivity index (χ1n) is 6.17. The van der Waals surface area contributed by atoms with Crippen LogP contribution in [0.2, 0.25) is 5.02 Å². The molecule has 8 heteroatoms. The van der Waals surface area contributed by atoms with Gasteiger partial charge in [-0.2, -0.15) is 0 Å². The molecule has 0 saturated carbocycles. The Kier molecular flexibility index (Phi) is 5.91. The van der Waals surface area contributed by atoms with Crippen molar-refractivity contribution in [3.63, 3.8) is 0 Å². The minimum atomic E-state index is -0.192. The van der Waals surface area contributed by atoms with Crippen molar-refractivity contribution in [3.8, 4) is 5.75 Å². The van der Waals surface area contributed by atoms with Crippen molar-refractivity contribution in [2.24, 2.45) is 0 Å². The van der Waals surface area contributed by atoms with Crippen LogP contribution in [0.4, 0.5) is 5.13 Å². The molecule has 6 nitrogen and oxygen atoms in total. The molecule has 0 aliphatic carbocycles. The number of methoxy groups -OCH3 is 1. The van der Waals surface area contributed by atoms with Gasteiger partial charge >= 0.3 is 0 Å². The average molecular weight is 328 g/mol. The third kappa shape index (κ3) is 4.96. The molecular formula is C13H14ClN3O3S. The van der Waals surface area contributed by atoms with E-state index in [4.69, 9.17) is 21.1 Å². The van der Waals surface area contributed by atoms with Gasteiger partial charge in [-0.3, -0.25) is 4.79 Å². The molecule has 0 saturated heterocycles. The number of hydrogen-bond acceptors (Lipinski definition) is 6. The maximum Gasteiger partial charge on any atom is 0.229 e. The molecule has 21 heavy (non-hydrogen) atoms. The van der Waals surface area contributed by atoms with E-state index in [-0.39, 0.29) is 18.9 Å². The topological polar surface area (TPSA) is 73.3 Å². The highest BCUT2D eigenvalue weighted by Crippen LogP contribution is 2.23. The molecule has 0 fully saturated rings. The van der Waals surface area contributed by atoms with Crippen LogP contribution in [0.15, 0.2) is 24.3 Å². The molecule has 0 unspecified atom stereocenters. The number of ether oxygens (including phenoxy) is 2. The lowest BCUT2D eigenvalue weighted by Gasteiger charge is -2.07. The van der Waals surface area contributed by atoms with Gasteiger partial charge < -0.3 is 14.8 Å². The molecular weight excluding hydrogens is 314 g/mol. The lowest BCUT2D eigenvalue weighted by molar-refractivity contribution is -0.116. The zero-order valence-corrected chi connectivity index (χ0v) is 12.9. The van der Waals surface area contributed by atoms with Crippen molar-refractivity contribution in [1.82, 2.24) is 10.2 Å². The van der Waals surface area contributed by atoms with E-state index in [0.717, 1.165) is 0 Å². The summed E-state index contributed by atoms with van der Waals surface area (Å²) in [5, 5.41) is 12.1. The van der Waals surface area contributed by atoms with Crippen LogP contribution in [0.5, 0.6) is 5.75 Å². The highest BCUT2D eigenvalue weighted by atomic mass is 35.5. The Morgan fingerprint density at radius 3 is 2.95 bits per heavy atom. The van der Waals surface area contributed by atoms with Gasteiger partial charge in [0.05, 0.1) is 18.1 Å². The van der Waals surface area contributed by atoms with E-state index in [1.807, 2.05) is 12.1 Å².